The molecule has 3 heterocycles. The number of carbonyl (C=O) groups is 1. The van der Waals surface area contributed by atoms with Gasteiger partial charge in [0.05, 0.1) is 27.8 Å². The van der Waals surface area contributed by atoms with Gasteiger partial charge in [-0.1, -0.05) is 0 Å². The smallest absolute Gasteiger partial charge is 0.344 e. The highest BCUT2D eigenvalue weighted by atomic mass is 19.1. The van der Waals surface area contributed by atoms with Crippen LogP contribution in [-0.2, 0) is 0 Å². The topological polar surface area (TPSA) is 113 Å². The Kier molecular flexibility index (Phi) is 5.21. The fourth-order valence-electron chi connectivity index (χ4n) is 3.46. The minimum atomic E-state index is -0.895. The van der Waals surface area contributed by atoms with Crippen molar-refractivity contribution in [2.75, 3.05) is 0 Å². The molecule has 9 nitrogen and oxygen atoms in total. The van der Waals surface area contributed by atoms with Gasteiger partial charge in [0.1, 0.15) is 17.3 Å². The lowest BCUT2D eigenvalue weighted by Gasteiger charge is -2.10. The van der Waals surface area contributed by atoms with E-state index in [1.165, 1.54) is 12.3 Å². The molecule has 0 radical (unpaired) electrons. The molecule has 164 valence electrons. The third-order valence-corrected chi connectivity index (χ3v) is 4.91. The first-order chi connectivity index (χ1) is 15.2. The summed E-state index contributed by atoms with van der Waals surface area (Å²) in [7, 11) is 0. The molecule has 32 heavy (non-hydrogen) atoms. The number of ether oxygens (including phenoxy) is 1. The minimum absolute atomic E-state index is 0.0457. The molecule has 0 atom stereocenters. The molecule has 0 saturated carbocycles. The second kappa shape index (κ2) is 7.88. The number of nitrogens with zero attached hydrogens (tertiary/aromatic N) is 4. The number of halogens is 1. The van der Waals surface area contributed by atoms with Gasteiger partial charge in [-0.2, -0.15) is 5.10 Å². The maximum absolute atomic E-state index is 13.7. The summed E-state index contributed by atoms with van der Waals surface area (Å²) in [6.07, 6.45) is 1.48. The lowest BCUT2D eigenvalue weighted by atomic mass is 10.1. The number of furan rings is 1. The molecule has 0 spiro atoms. The number of benzene rings is 1. The maximum atomic E-state index is 13.7. The van der Waals surface area contributed by atoms with Gasteiger partial charge >= 0.3 is 11.7 Å². The van der Waals surface area contributed by atoms with Gasteiger partial charge in [0.25, 0.3) is 0 Å². The summed E-state index contributed by atoms with van der Waals surface area (Å²) in [5, 5.41) is 16.0. The van der Waals surface area contributed by atoms with Crippen LogP contribution in [0.3, 0.4) is 0 Å². The average molecular weight is 438 g/mol. The summed E-state index contributed by atoms with van der Waals surface area (Å²) in [5.74, 6) is -0.857. The second-order valence-corrected chi connectivity index (χ2v) is 7.56. The van der Waals surface area contributed by atoms with E-state index in [0.29, 0.717) is 33.8 Å². The first-order valence-electron chi connectivity index (χ1n) is 9.77. The van der Waals surface area contributed by atoms with Crippen LogP contribution < -0.4 is 4.74 Å². The first-order valence-corrected chi connectivity index (χ1v) is 9.77. The molecular formula is C22H19FN4O5. The number of esters is 1. The van der Waals surface area contributed by atoms with Crippen molar-refractivity contribution in [1.82, 2.24) is 14.8 Å². The van der Waals surface area contributed by atoms with Crippen LogP contribution in [0, 0.1) is 29.8 Å². The van der Waals surface area contributed by atoms with E-state index < -0.39 is 28.1 Å². The number of nitro groups is 1. The monoisotopic (exact) mass is 438 g/mol. The highest BCUT2D eigenvalue weighted by molar-refractivity contribution is 6.04. The number of aryl methyl sites for hydroxylation is 2. The summed E-state index contributed by atoms with van der Waals surface area (Å²) < 4.78 is 26.2. The Morgan fingerprint density at radius 1 is 1.25 bits per heavy atom. The van der Waals surface area contributed by atoms with Crippen LogP contribution >= 0.6 is 0 Å². The van der Waals surface area contributed by atoms with Crippen molar-refractivity contribution in [3.63, 3.8) is 0 Å². The van der Waals surface area contributed by atoms with Gasteiger partial charge in [-0.05, 0) is 45.9 Å². The molecule has 0 unspecified atom stereocenters. The molecule has 0 amide bonds. The summed E-state index contributed by atoms with van der Waals surface area (Å²) >= 11 is 0. The van der Waals surface area contributed by atoms with E-state index in [1.54, 1.807) is 24.6 Å². The second-order valence-electron chi connectivity index (χ2n) is 7.56. The SMILES string of the molecule is Cc1cc(-c2cc(C(=O)Oc3cc(F)ccc3[N+](=O)[O-])c3cnn(C(C)C)c3n2)c(C)o1. The largest absolute Gasteiger partial charge is 0.466 e. The van der Waals surface area contributed by atoms with Gasteiger partial charge in [-0.25, -0.2) is 18.9 Å². The van der Waals surface area contributed by atoms with Crippen molar-refractivity contribution in [2.45, 2.75) is 33.7 Å². The standard InChI is InChI=1S/C22H19FN4O5/c1-11(2)26-21-17(10-24-26)16(9-18(25-21)15-7-12(3)31-13(15)4)22(28)32-20-8-14(23)5-6-19(20)27(29)30/h5-11H,1-4H3. The highest BCUT2D eigenvalue weighted by Gasteiger charge is 2.24. The molecule has 0 N–H and O–H groups in total. The van der Waals surface area contributed by atoms with Crippen LogP contribution in [0.4, 0.5) is 10.1 Å². The van der Waals surface area contributed by atoms with E-state index in [4.69, 9.17) is 9.15 Å². The molecule has 0 aliphatic heterocycles. The lowest BCUT2D eigenvalue weighted by molar-refractivity contribution is -0.385. The number of nitro benzene ring substituents is 1. The van der Waals surface area contributed by atoms with Gasteiger partial charge in [-0.3, -0.25) is 10.1 Å². The number of fused-ring (bicyclic) bond motifs is 1. The van der Waals surface area contributed by atoms with Gasteiger partial charge in [-0.15, -0.1) is 0 Å². The molecule has 0 bridgehead atoms. The fraction of sp³-hybridized carbons (Fsp3) is 0.227. The van der Waals surface area contributed by atoms with Crippen molar-refractivity contribution in [1.29, 1.82) is 0 Å². The van der Waals surface area contributed by atoms with Crippen molar-refractivity contribution < 1.29 is 23.3 Å². The van der Waals surface area contributed by atoms with E-state index >= 15 is 0 Å². The molecule has 0 fully saturated rings. The normalized spacial score (nSPS) is 11.3. The quantitative estimate of drug-likeness (QED) is 0.183. The van der Waals surface area contributed by atoms with E-state index in [-0.39, 0.29) is 11.6 Å². The summed E-state index contributed by atoms with van der Waals surface area (Å²) in [6, 6.07) is 5.94. The van der Waals surface area contributed by atoms with Crippen molar-refractivity contribution >= 4 is 22.7 Å². The lowest BCUT2D eigenvalue weighted by Crippen LogP contribution is -2.12. The van der Waals surface area contributed by atoms with Crippen LogP contribution in [0.5, 0.6) is 5.75 Å². The van der Waals surface area contributed by atoms with Crippen LogP contribution in [0.2, 0.25) is 0 Å². The zero-order valence-electron chi connectivity index (χ0n) is 17.7. The first kappa shape index (κ1) is 21.2. The van der Waals surface area contributed by atoms with Gasteiger partial charge in [0.15, 0.2) is 5.65 Å². The number of carbonyl (C=O) groups excluding carboxylic acids is 1. The maximum Gasteiger partial charge on any atom is 0.344 e. The highest BCUT2D eigenvalue weighted by Crippen LogP contribution is 2.32. The number of pyridine rings is 1. The molecule has 0 aliphatic rings. The zero-order chi connectivity index (χ0) is 23.2. The third-order valence-electron chi connectivity index (χ3n) is 4.91. The van der Waals surface area contributed by atoms with E-state index in [9.17, 15) is 19.3 Å². The molecule has 10 heteroatoms. The summed E-state index contributed by atoms with van der Waals surface area (Å²) in [5.41, 5.74) is 1.15. The van der Waals surface area contributed by atoms with E-state index in [1.807, 2.05) is 13.8 Å². The fourth-order valence-corrected chi connectivity index (χ4v) is 3.46. The minimum Gasteiger partial charge on any atom is -0.466 e. The van der Waals surface area contributed by atoms with Gasteiger partial charge in [0, 0.05) is 23.7 Å². The van der Waals surface area contributed by atoms with Gasteiger partial charge < -0.3 is 9.15 Å². The molecule has 0 saturated heterocycles. The summed E-state index contributed by atoms with van der Waals surface area (Å²) in [4.78, 5) is 28.3. The Morgan fingerprint density at radius 3 is 2.62 bits per heavy atom. The molecule has 3 aromatic heterocycles. The predicted molar refractivity (Wildman–Crippen MR) is 113 cm³/mol. The van der Waals surface area contributed by atoms with E-state index in [0.717, 1.165) is 18.2 Å². The number of hydrogen-bond acceptors (Lipinski definition) is 7. The Hall–Kier alpha value is -4.08. The Labute approximate surface area is 181 Å². The molecule has 4 aromatic rings. The number of hydrogen-bond donors (Lipinski definition) is 0. The molecular weight excluding hydrogens is 419 g/mol. The number of aromatic nitrogens is 3. The summed E-state index contributed by atoms with van der Waals surface area (Å²) in [6.45, 7) is 7.41. The van der Waals surface area contributed by atoms with E-state index in [2.05, 4.69) is 10.1 Å². The Bertz CT molecular complexity index is 1370. The zero-order valence-corrected chi connectivity index (χ0v) is 17.7. The Morgan fingerprint density at radius 2 is 2.00 bits per heavy atom. The molecule has 0 aliphatic carbocycles. The van der Waals surface area contributed by atoms with Crippen LogP contribution in [-0.4, -0.2) is 25.7 Å². The van der Waals surface area contributed by atoms with Crippen molar-refractivity contribution in [3.8, 4) is 17.0 Å². The Balaban J connectivity index is 1.88. The van der Waals surface area contributed by atoms with Crippen LogP contribution in [0.1, 0.15) is 41.8 Å². The van der Waals surface area contributed by atoms with Crippen LogP contribution in [0.15, 0.2) is 40.9 Å². The molecule has 1 aromatic carbocycles. The van der Waals surface area contributed by atoms with Crippen molar-refractivity contribution in [2.24, 2.45) is 0 Å². The van der Waals surface area contributed by atoms with Gasteiger partial charge in [0.2, 0.25) is 5.75 Å². The predicted octanol–water partition coefficient (Wildman–Crippen LogP) is 5.16. The van der Waals surface area contributed by atoms with Crippen LogP contribution in [0.25, 0.3) is 22.3 Å². The average Bonchev–Trinajstić information content (AvgIpc) is 3.29. The van der Waals surface area contributed by atoms with Crippen molar-refractivity contribution in [3.05, 3.63) is 69.5 Å². The third kappa shape index (κ3) is 3.70. The molecule has 4 rings (SSSR count). The number of rotatable bonds is 5.